The summed E-state index contributed by atoms with van der Waals surface area (Å²) in [7, 11) is 1.93. The van der Waals surface area contributed by atoms with Gasteiger partial charge in [-0.1, -0.05) is 36.4 Å². The van der Waals surface area contributed by atoms with Gasteiger partial charge in [-0.25, -0.2) is 4.98 Å². The maximum absolute atomic E-state index is 12.4. The van der Waals surface area contributed by atoms with Crippen molar-refractivity contribution < 1.29 is 0 Å². The lowest BCUT2D eigenvalue weighted by Gasteiger charge is -2.11. The maximum atomic E-state index is 12.4. The summed E-state index contributed by atoms with van der Waals surface area (Å²) in [6.45, 7) is 0.505. The highest BCUT2D eigenvalue weighted by Gasteiger charge is 2.07. The average molecular weight is 366 g/mol. The number of fused-ring (bicyclic) bond motifs is 2. The molecule has 0 N–H and O–H groups in total. The third kappa shape index (κ3) is 2.87. The molecule has 0 spiro atoms. The smallest absolute Gasteiger partial charge is 0.269 e. The van der Waals surface area contributed by atoms with Crippen LogP contribution in [-0.4, -0.2) is 19.3 Å². The normalized spacial score (nSPS) is 11.3. The first-order valence-electron chi connectivity index (χ1n) is 9.15. The number of rotatable bonds is 3. The second kappa shape index (κ2) is 6.46. The summed E-state index contributed by atoms with van der Waals surface area (Å²) in [4.78, 5) is 16.7. The van der Waals surface area contributed by atoms with Crippen LogP contribution in [0, 0.1) is 0 Å². The van der Waals surface area contributed by atoms with Crippen LogP contribution >= 0.6 is 0 Å². The summed E-state index contributed by atoms with van der Waals surface area (Å²) in [6.07, 6.45) is 3.41. The zero-order valence-corrected chi connectivity index (χ0v) is 15.4. The topological polar surface area (TPSA) is 52.7 Å². The Morgan fingerprint density at radius 3 is 2.68 bits per heavy atom. The lowest BCUT2D eigenvalue weighted by Crippen LogP contribution is -2.21. The van der Waals surface area contributed by atoms with Gasteiger partial charge in [-0.2, -0.15) is 5.10 Å². The minimum absolute atomic E-state index is 0.0964. The summed E-state index contributed by atoms with van der Waals surface area (Å²) in [6, 6.07) is 22.3. The fourth-order valence-electron chi connectivity index (χ4n) is 3.64. The van der Waals surface area contributed by atoms with Crippen molar-refractivity contribution in [2.75, 3.05) is 0 Å². The SMILES string of the molecule is Cn1cc2cc(-c3cccc(Cn4c(=O)cnc5ccccc54)c3)ccc2n1. The molecule has 28 heavy (non-hydrogen) atoms. The molecule has 0 atom stereocenters. The second-order valence-corrected chi connectivity index (χ2v) is 6.95. The number of aromatic nitrogens is 4. The second-order valence-electron chi connectivity index (χ2n) is 6.95. The summed E-state index contributed by atoms with van der Waals surface area (Å²) in [5, 5.41) is 5.55. The zero-order chi connectivity index (χ0) is 19.1. The van der Waals surface area contributed by atoms with E-state index in [1.807, 2.05) is 60.4 Å². The number of hydrogen-bond donors (Lipinski definition) is 0. The standard InChI is InChI=1S/C23H18N4O/c1-26-15-19-12-18(9-10-20(19)25-26)17-6-4-5-16(11-17)14-27-22-8-3-2-7-21(22)24-13-23(27)28/h2-13,15H,14H2,1H3. The summed E-state index contributed by atoms with van der Waals surface area (Å²) < 4.78 is 3.59. The molecule has 0 radical (unpaired) electrons. The number of para-hydroxylation sites is 2. The Bertz CT molecular complexity index is 1380. The first-order chi connectivity index (χ1) is 13.7. The molecule has 0 bridgehead atoms. The molecule has 5 rings (SSSR count). The predicted octanol–water partition coefficient (Wildman–Crippen LogP) is 4.00. The molecule has 2 aromatic heterocycles. The van der Waals surface area contributed by atoms with Crippen LogP contribution in [0.1, 0.15) is 5.56 Å². The highest BCUT2D eigenvalue weighted by Crippen LogP contribution is 2.25. The van der Waals surface area contributed by atoms with Crippen molar-refractivity contribution in [3.8, 4) is 11.1 Å². The van der Waals surface area contributed by atoms with Crippen LogP contribution in [0.4, 0.5) is 0 Å². The van der Waals surface area contributed by atoms with Crippen LogP contribution in [-0.2, 0) is 13.6 Å². The molecule has 5 heteroatoms. The van der Waals surface area contributed by atoms with Gasteiger partial charge in [-0.3, -0.25) is 9.48 Å². The van der Waals surface area contributed by atoms with E-state index in [4.69, 9.17) is 0 Å². The Hall–Kier alpha value is -3.73. The summed E-state index contributed by atoms with van der Waals surface area (Å²) in [5.74, 6) is 0. The number of nitrogens with zero attached hydrogens (tertiary/aromatic N) is 4. The molecule has 0 saturated heterocycles. The van der Waals surface area contributed by atoms with Gasteiger partial charge in [0.2, 0.25) is 0 Å². The predicted molar refractivity (Wildman–Crippen MR) is 111 cm³/mol. The number of aryl methyl sites for hydroxylation is 1. The van der Waals surface area contributed by atoms with Crippen molar-refractivity contribution in [2.45, 2.75) is 6.54 Å². The lowest BCUT2D eigenvalue weighted by atomic mass is 10.0. The third-order valence-corrected chi connectivity index (χ3v) is 4.97. The van der Waals surface area contributed by atoms with Crippen molar-refractivity contribution in [1.29, 1.82) is 0 Å². The molecule has 0 unspecified atom stereocenters. The molecule has 136 valence electrons. The van der Waals surface area contributed by atoms with Crippen molar-refractivity contribution in [1.82, 2.24) is 19.3 Å². The van der Waals surface area contributed by atoms with E-state index in [2.05, 4.69) is 34.3 Å². The molecule has 0 amide bonds. The van der Waals surface area contributed by atoms with Crippen LogP contribution in [0.3, 0.4) is 0 Å². The molecular weight excluding hydrogens is 348 g/mol. The van der Waals surface area contributed by atoms with E-state index < -0.39 is 0 Å². The van der Waals surface area contributed by atoms with Crippen molar-refractivity contribution in [3.05, 3.63) is 95.0 Å². The lowest BCUT2D eigenvalue weighted by molar-refractivity contribution is 0.780. The van der Waals surface area contributed by atoms with Crippen molar-refractivity contribution in [2.24, 2.45) is 7.05 Å². The molecule has 0 aliphatic rings. The van der Waals surface area contributed by atoms with Crippen LogP contribution in [0.25, 0.3) is 33.1 Å². The van der Waals surface area contributed by atoms with Gasteiger partial charge < -0.3 is 4.57 Å². The average Bonchev–Trinajstić information content (AvgIpc) is 3.09. The van der Waals surface area contributed by atoms with Crippen molar-refractivity contribution in [3.63, 3.8) is 0 Å². The highest BCUT2D eigenvalue weighted by molar-refractivity contribution is 5.84. The number of benzene rings is 3. The highest BCUT2D eigenvalue weighted by atomic mass is 16.1. The quantitative estimate of drug-likeness (QED) is 0.485. The Morgan fingerprint density at radius 1 is 0.893 bits per heavy atom. The van der Waals surface area contributed by atoms with E-state index in [-0.39, 0.29) is 5.56 Å². The van der Waals surface area contributed by atoms with E-state index in [1.54, 1.807) is 4.57 Å². The van der Waals surface area contributed by atoms with Crippen LogP contribution < -0.4 is 5.56 Å². The fourth-order valence-corrected chi connectivity index (χ4v) is 3.64. The summed E-state index contributed by atoms with van der Waals surface area (Å²) >= 11 is 0. The van der Waals surface area contributed by atoms with Crippen LogP contribution in [0.5, 0.6) is 0 Å². The van der Waals surface area contributed by atoms with Crippen LogP contribution in [0.2, 0.25) is 0 Å². The Kier molecular flexibility index (Phi) is 3.79. The molecule has 0 fully saturated rings. The van der Waals surface area contributed by atoms with E-state index in [0.717, 1.165) is 38.6 Å². The van der Waals surface area contributed by atoms with Gasteiger partial charge in [0, 0.05) is 18.6 Å². The largest absolute Gasteiger partial charge is 0.301 e. The molecule has 0 aliphatic carbocycles. The number of hydrogen-bond acceptors (Lipinski definition) is 3. The molecule has 0 saturated carbocycles. The van der Waals surface area contributed by atoms with Gasteiger partial charge in [0.15, 0.2) is 0 Å². The third-order valence-electron chi connectivity index (χ3n) is 4.97. The Balaban J connectivity index is 1.56. The van der Waals surface area contributed by atoms with Gasteiger partial charge in [-0.15, -0.1) is 0 Å². The monoisotopic (exact) mass is 366 g/mol. The Labute approximate surface area is 161 Å². The van der Waals surface area contributed by atoms with Gasteiger partial charge >= 0.3 is 0 Å². The fraction of sp³-hybridized carbons (Fsp3) is 0.0870. The molecule has 5 nitrogen and oxygen atoms in total. The summed E-state index contributed by atoms with van der Waals surface area (Å²) in [5.41, 5.74) is 5.88. The minimum Gasteiger partial charge on any atom is -0.301 e. The van der Waals surface area contributed by atoms with Crippen LogP contribution in [0.15, 0.2) is 83.9 Å². The Morgan fingerprint density at radius 2 is 1.75 bits per heavy atom. The molecule has 0 aliphatic heterocycles. The molecule has 5 aromatic rings. The molecule has 3 aromatic carbocycles. The molecule has 2 heterocycles. The van der Waals surface area contributed by atoms with Gasteiger partial charge in [-0.05, 0) is 47.0 Å². The molecular formula is C23H18N4O. The van der Waals surface area contributed by atoms with E-state index in [9.17, 15) is 4.79 Å². The van der Waals surface area contributed by atoms with Gasteiger partial charge in [0.25, 0.3) is 5.56 Å². The maximum Gasteiger partial charge on any atom is 0.269 e. The van der Waals surface area contributed by atoms with E-state index in [0.29, 0.717) is 6.54 Å². The van der Waals surface area contributed by atoms with E-state index >= 15 is 0 Å². The van der Waals surface area contributed by atoms with Gasteiger partial charge in [0.05, 0.1) is 29.3 Å². The zero-order valence-electron chi connectivity index (χ0n) is 15.4. The first kappa shape index (κ1) is 16.4. The van der Waals surface area contributed by atoms with Crippen molar-refractivity contribution >= 4 is 21.9 Å². The van der Waals surface area contributed by atoms with E-state index in [1.165, 1.54) is 6.20 Å². The van der Waals surface area contributed by atoms with Gasteiger partial charge in [0.1, 0.15) is 0 Å². The minimum atomic E-state index is -0.0964. The first-order valence-corrected chi connectivity index (χ1v) is 9.15.